The molecule has 0 saturated carbocycles. The van der Waals surface area contributed by atoms with Crippen molar-refractivity contribution in [2.24, 2.45) is 0 Å². The molecule has 15 heavy (non-hydrogen) atoms. The fourth-order valence-corrected chi connectivity index (χ4v) is 1.46. The Morgan fingerprint density at radius 3 is 2.27 bits per heavy atom. The molecule has 2 atom stereocenters. The molecule has 0 aromatic carbocycles. The van der Waals surface area contributed by atoms with E-state index < -0.39 is 5.97 Å². The van der Waals surface area contributed by atoms with Crippen LogP contribution >= 0.6 is 0 Å². The van der Waals surface area contributed by atoms with Crippen molar-refractivity contribution in [3.8, 4) is 0 Å². The summed E-state index contributed by atoms with van der Waals surface area (Å²) in [6, 6.07) is 0.160. The molecule has 0 fully saturated rings. The first kappa shape index (κ1) is 14.3. The van der Waals surface area contributed by atoms with Gasteiger partial charge in [-0.05, 0) is 20.3 Å². The summed E-state index contributed by atoms with van der Waals surface area (Å²) in [4.78, 5) is 10.4. The van der Waals surface area contributed by atoms with Gasteiger partial charge in [0.2, 0.25) is 0 Å². The van der Waals surface area contributed by atoms with E-state index in [1.54, 1.807) is 14.2 Å². The first-order chi connectivity index (χ1) is 7.01. The van der Waals surface area contributed by atoms with Crippen molar-refractivity contribution in [3.63, 3.8) is 0 Å². The van der Waals surface area contributed by atoms with Gasteiger partial charge in [-0.15, -0.1) is 0 Å². The predicted octanol–water partition coefficient (Wildman–Crippen LogP) is 0.837. The molecule has 0 aliphatic rings. The second-order valence-electron chi connectivity index (χ2n) is 3.63. The van der Waals surface area contributed by atoms with E-state index in [1.165, 1.54) is 0 Å². The minimum Gasteiger partial charge on any atom is -0.481 e. The average Bonchev–Trinajstić information content (AvgIpc) is 2.16. The Labute approximate surface area is 90.8 Å². The number of hydrogen-bond acceptors (Lipinski definition) is 4. The number of carbonyl (C=O) groups is 1. The van der Waals surface area contributed by atoms with Crippen LogP contribution < -0.4 is 5.32 Å². The highest BCUT2D eigenvalue weighted by atomic mass is 16.7. The summed E-state index contributed by atoms with van der Waals surface area (Å²) in [7, 11) is 3.16. The van der Waals surface area contributed by atoms with Gasteiger partial charge in [0, 0.05) is 26.7 Å². The molecule has 2 N–H and O–H groups in total. The van der Waals surface area contributed by atoms with E-state index in [2.05, 4.69) is 5.32 Å². The molecule has 0 spiro atoms. The van der Waals surface area contributed by atoms with E-state index in [0.29, 0.717) is 6.42 Å². The van der Waals surface area contributed by atoms with Crippen molar-refractivity contribution >= 4 is 5.97 Å². The van der Waals surface area contributed by atoms with Crippen molar-refractivity contribution in [2.45, 2.75) is 45.1 Å². The number of aliphatic carboxylic acids is 1. The highest BCUT2D eigenvalue weighted by molar-refractivity contribution is 5.66. The third-order valence-corrected chi connectivity index (χ3v) is 2.21. The average molecular weight is 219 g/mol. The zero-order chi connectivity index (χ0) is 11.8. The van der Waals surface area contributed by atoms with Gasteiger partial charge in [-0.2, -0.15) is 0 Å². The maximum Gasteiger partial charge on any atom is 0.303 e. The first-order valence-electron chi connectivity index (χ1n) is 5.04. The van der Waals surface area contributed by atoms with Crippen molar-refractivity contribution in [2.75, 3.05) is 14.2 Å². The Bertz CT molecular complexity index is 182. The Balaban J connectivity index is 3.83. The van der Waals surface area contributed by atoms with Gasteiger partial charge in [-0.3, -0.25) is 4.79 Å². The molecule has 0 aromatic rings. The maximum atomic E-state index is 10.4. The lowest BCUT2D eigenvalue weighted by Crippen LogP contribution is -2.44. The molecule has 0 radical (unpaired) electrons. The molecule has 0 aliphatic heterocycles. The molecular formula is C10H21NO4. The molecule has 0 aliphatic carbocycles. The van der Waals surface area contributed by atoms with E-state index in [4.69, 9.17) is 14.6 Å². The molecule has 0 rings (SSSR count). The summed E-state index contributed by atoms with van der Waals surface area (Å²) in [5, 5.41) is 11.7. The normalized spacial score (nSPS) is 15.3. The van der Waals surface area contributed by atoms with Crippen LogP contribution in [0, 0.1) is 0 Å². The summed E-state index contributed by atoms with van der Waals surface area (Å²) in [6.45, 7) is 3.89. The zero-order valence-electron chi connectivity index (χ0n) is 9.82. The van der Waals surface area contributed by atoms with Crippen molar-refractivity contribution in [1.82, 2.24) is 5.32 Å². The number of nitrogens with one attached hydrogen (secondary N) is 1. The SMILES string of the molecule is COC(OC)C(C)NC(C)CCC(=O)O. The number of carboxylic acid groups (broad SMARTS) is 1. The fraction of sp³-hybridized carbons (Fsp3) is 0.900. The summed E-state index contributed by atoms with van der Waals surface area (Å²) < 4.78 is 10.2. The number of rotatable bonds is 8. The quantitative estimate of drug-likeness (QED) is 0.592. The smallest absolute Gasteiger partial charge is 0.303 e. The highest BCUT2D eigenvalue weighted by Crippen LogP contribution is 2.03. The third kappa shape index (κ3) is 6.43. The standard InChI is InChI=1S/C10H21NO4/c1-7(5-6-9(12)13)11-8(2)10(14-3)15-4/h7-8,10-11H,5-6H2,1-4H3,(H,12,13). The topological polar surface area (TPSA) is 67.8 Å². The maximum absolute atomic E-state index is 10.4. The summed E-state index contributed by atoms with van der Waals surface area (Å²) in [6.07, 6.45) is 0.461. The Morgan fingerprint density at radius 2 is 1.87 bits per heavy atom. The largest absolute Gasteiger partial charge is 0.481 e. The molecular weight excluding hydrogens is 198 g/mol. The minimum atomic E-state index is -0.772. The van der Waals surface area contributed by atoms with Crippen LogP contribution in [-0.4, -0.2) is 43.7 Å². The number of methoxy groups -OCH3 is 2. The van der Waals surface area contributed by atoms with Crippen LogP contribution in [0.4, 0.5) is 0 Å². The van der Waals surface area contributed by atoms with Crippen molar-refractivity contribution < 1.29 is 19.4 Å². The van der Waals surface area contributed by atoms with Crippen LogP contribution in [0.15, 0.2) is 0 Å². The summed E-state index contributed by atoms with van der Waals surface area (Å²) in [5.41, 5.74) is 0. The lowest BCUT2D eigenvalue weighted by molar-refractivity contribution is -0.137. The van der Waals surface area contributed by atoms with Gasteiger partial charge in [0.25, 0.3) is 0 Å². The van der Waals surface area contributed by atoms with E-state index in [0.717, 1.165) is 0 Å². The van der Waals surface area contributed by atoms with Crippen LogP contribution in [-0.2, 0) is 14.3 Å². The highest BCUT2D eigenvalue weighted by Gasteiger charge is 2.17. The van der Waals surface area contributed by atoms with Crippen LogP contribution in [0.2, 0.25) is 0 Å². The minimum absolute atomic E-state index is 0.0313. The fourth-order valence-electron chi connectivity index (χ4n) is 1.46. The van der Waals surface area contributed by atoms with Crippen LogP contribution in [0.5, 0.6) is 0 Å². The molecule has 0 bridgehead atoms. The van der Waals surface area contributed by atoms with Crippen LogP contribution in [0.1, 0.15) is 26.7 Å². The third-order valence-electron chi connectivity index (χ3n) is 2.21. The van der Waals surface area contributed by atoms with Gasteiger partial charge in [-0.25, -0.2) is 0 Å². The molecule has 0 saturated heterocycles. The molecule has 5 nitrogen and oxygen atoms in total. The second kappa shape index (κ2) is 7.62. The van der Waals surface area contributed by atoms with Gasteiger partial charge in [0.15, 0.2) is 6.29 Å². The Kier molecular flexibility index (Phi) is 7.29. The van der Waals surface area contributed by atoms with Crippen LogP contribution in [0.3, 0.4) is 0 Å². The molecule has 0 aromatic heterocycles. The monoisotopic (exact) mass is 219 g/mol. The Morgan fingerprint density at radius 1 is 1.33 bits per heavy atom. The Hall–Kier alpha value is -0.650. The van der Waals surface area contributed by atoms with Crippen molar-refractivity contribution in [1.29, 1.82) is 0 Å². The van der Waals surface area contributed by atoms with Crippen LogP contribution in [0.25, 0.3) is 0 Å². The van der Waals surface area contributed by atoms with E-state index in [9.17, 15) is 4.79 Å². The van der Waals surface area contributed by atoms with E-state index in [1.807, 2.05) is 13.8 Å². The lowest BCUT2D eigenvalue weighted by atomic mass is 10.1. The van der Waals surface area contributed by atoms with Crippen molar-refractivity contribution in [3.05, 3.63) is 0 Å². The van der Waals surface area contributed by atoms with Gasteiger partial charge in [-0.1, -0.05) is 0 Å². The number of hydrogen-bond donors (Lipinski definition) is 2. The number of ether oxygens (including phenoxy) is 2. The molecule has 90 valence electrons. The molecule has 0 heterocycles. The zero-order valence-corrected chi connectivity index (χ0v) is 9.82. The second-order valence-corrected chi connectivity index (χ2v) is 3.63. The lowest BCUT2D eigenvalue weighted by Gasteiger charge is -2.25. The first-order valence-corrected chi connectivity index (χ1v) is 5.04. The molecule has 5 heteroatoms. The number of carboxylic acids is 1. The summed E-state index contributed by atoms with van der Waals surface area (Å²) in [5.74, 6) is -0.772. The summed E-state index contributed by atoms with van der Waals surface area (Å²) >= 11 is 0. The van der Waals surface area contributed by atoms with Gasteiger partial charge in [0.05, 0.1) is 6.04 Å². The van der Waals surface area contributed by atoms with E-state index >= 15 is 0 Å². The van der Waals surface area contributed by atoms with E-state index in [-0.39, 0.29) is 24.8 Å². The molecule has 0 amide bonds. The van der Waals surface area contributed by atoms with Gasteiger partial charge < -0.3 is 19.9 Å². The molecule has 2 unspecified atom stereocenters. The van der Waals surface area contributed by atoms with Gasteiger partial charge in [0.1, 0.15) is 0 Å². The predicted molar refractivity (Wildman–Crippen MR) is 56.7 cm³/mol. The van der Waals surface area contributed by atoms with Gasteiger partial charge >= 0.3 is 5.97 Å².